The average molecular weight is 126 g/mol. The molecule has 1 unspecified atom stereocenters. The molecule has 0 aromatic carbocycles. The SMILES string of the molecule is C#CC(CC)COCC. The molecule has 0 spiro atoms. The molecule has 0 aromatic rings. The van der Waals surface area contributed by atoms with Gasteiger partial charge in [-0.1, -0.05) is 6.92 Å². The monoisotopic (exact) mass is 126 g/mol. The lowest BCUT2D eigenvalue weighted by Crippen LogP contribution is -2.05. The Labute approximate surface area is 57.4 Å². The van der Waals surface area contributed by atoms with Crippen LogP contribution < -0.4 is 0 Å². The highest BCUT2D eigenvalue weighted by molar-refractivity contribution is 4.91. The fourth-order valence-electron chi connectivity index (χ4n) is 0.544. The van der Waals surface area contributed by atoms with Crippen molar-refractivity contribution in [3.8, 4) is 12.3 Å². The van der Waals surface area contributed by atoms with Crippen molar-refractivity contribution in [1.82, 2.24) is 0 Å². The molecular formula is C8H14O. The lowest BCUT2D eigenvalue weighted by atomic mass is 10.1. The first-order chi connectivity index (χ1) is 4.35. The molecule has 0 aliphatic heterocycles. The normalized spacial score (nSPS) is 12.6. The van der Waals surface area contributed by atoms with Crippen molar-refractivity contribution >= 4 is 0 Å². The lowest BCUT2D eigenvalue weighted by Gasteiger charge is -2.05. The summed E-state index contributed by atoms with van der Waals surface area (Å²) in [6.07, 6.45) is 6.20. The van der Waals surface area contributed by atoms with Crippen molar-refractivity contribution in [2.75, 3.05) is 13.2 Å². The minimum atomic E-state index is 0.310. The number of hydrogen-bond donors (Lipinski definition) is 0. The highest BCUT2D eigenvalue weighted by Crippen LogP contribution is 1.99. The Balaban J connectivity index is 3.23. The van der Waals surface area contributed by atoms with E-state index < -0.39 is 0 Å². The van der Waals surface area contributed by atoms with Crippen molar-refractivity contribution in [2.24, 2.45) is 5.92 Å². The molecule has 0 amide bonds. The van der Waals surface area contributed by atoms with Crippen molar-refractivity contribution in [2.45, 2.75) is 20.3 Å². The molecular weight excluding hydrogens is 112 g/mol. The molecule has 1 nitrogen and oxygen atoms in total. The Hall–Kier alpha value is -0.480. The lowest BCUT2D eigenvalue weighted by molar-refractivity contribution is 0.126. The molecule has 0 rings (SSSR count). The van der Waals surface area contributed by atoms with Crippen LogP contribution >= 0.6 is 0 Å². The molecule has 0 heterocycles. The minimum absolute atomic E-state index is 0.310. The second-order valence-electron chi connectivity index (χ2n) is 1.93. The standard InChI is InChI=1S/C8H14O/c1-4-8(5-2)7-9-6-3/h1,8H,5-7H2,2-3H3. The molecule has 1 atom stereocenters. The molecule has 52 valence electrons. The predicted octanol–water partition coefficient (Wildman–Crippen LogP) is 1.68. The summed E-state index contributed by atoms with van der Waals surface area (Å²) in [5.74, 6) is 2.97. The average Bonchev–Trinajstić information content (AvgIpc) is 1.91. The van der Waals surface area contributed by atoms with E-state index >= 15 is 0 Å². The van der Waals surface area contributed by atoms with Gasteiger partial charge in [-0.05, 0) is 13.3 Å². The molecule has 0 radical (unpaired) electrons. The zero-order valence-electron chi connectivity index (χ0n) is 6.18. The Morgan fingerprint density at radius 1 is 1.56 bits per heavy atom. The van der Waals surface area contributed by atoms with Crippen molar-refractivity contribution in [1.29, 1.82) is 0 Å². The van der Waals surface area contributed by atoms with E-state index in [0.717, 1.165) is 13.0 Å². The van der Waals surface area contributed by atoms with Gasteiger partial charge in [-0.2, -0.15) is 0 Å². The minimum Gasteiger partial charge on any atom is -0.380 e. The third-order valence-electron chi connectivity index (χ3n) is 1.25. The Bertz CT molecular complexity index is 91.2. The summed E-state index contributed by atoms with van der Waals surface area (Å²) >= 11 is 0. The van der Waals surface area contributed by atoms with Crippen LogP contribution in [0.5, 0.6) is 0 Å². The maximum absolute atomic E-state index is 5.19. The first-order valence-electron chi connectivity index (χ1n) is 3.39. The first kappa shape index (κ1) is 8.52. The number of terminal acetylenes is 1. The third kappa shape index (κ3) is 4.05. The molecule has 0 N–H and O–H groups in total. The summed E-state index contributed by atoms with van der Waals surface area (Å²) in [6.45, 7) is 5.52. The van der Waals surface area contributed by atoms with Gasteiger partial charge < -0.3 is 4.74 Å². The van der Waals surface area contributed by atoms with Crippen molar-refractivity contribution in [3.63, 3.8) is 0 Å². The molecule has 0 aliphatic rings. The van der Waals surface area contributed by atoms with Crippen LogP contribution in [-0.2, 0) is 4.74 Å². The van der Waals surface area contributed by atoms with Crippen LogP contribution in [0.25, 0.3) is 0 Å². The van der Waals surface area contributed by atoms with Gasteiger partial charge >= 0.3 is 0 Å². The van der Waals surface area contributed by atoms with Gasteiger partial charge in [0.1, 0.15) is 0 Å². The summed E-state index contributed by atoms with van der Waals surface area (Å²) in [5, 5.41) is 0. The van der Waals surface area contributed by atoms with E-state index in [2.05, 4.69) is 12.8 Å². The van der Waals surface area contributed by atoms with E-state index in [1.54, 1.807) is 0 Å². The summed E-state index contributed by atoms with van der Waals surface area (Å²) < 4.78 is 5.13. The van der Waals surface area contributed by atoms with Crippen molar-refractivity contribution < 1.29 is 4.74 Å². The van der Waals surface area contributed by atoms with E-state index in [0.29, 0.717) is 12.5 Å². The van der Waals surface area contributed by atoms with E-state index in [1.807, 2.05) is 6.92 Å². The highest BCUT2D eigenvalue weighted by atomic mass is 16.5. The van der Waals surface area contributed by atoms with Gasteiger partial charge in [0.15, 0.2) is 0 Å². The van der Waals surface area contributed by atoms with Crippen LogP contribution in [0.3, 0.4) is 0 Å². The van der Waals surface area contributed by atoms with Gasteiger partial charge in [-0.25, -0.2) is 0 Å². The van der Waals surface area contributed by atoms with E-state index in [4.69, 9.17) is 11.2 Å². The molecule has 0 saturated carbocycles. The number of rotatable bonds is 4. The molecule has 9 heavy (non-hydrogen) atoms. The second kappa shape index (κ2) is 5.65. The Morgan fingerprint density at radius 3 is 2.56 bits per heavy atom. The van der Waals surface area contributed by atoms with Crippen LogP contribution in [0.1, 0.15) is 20.3 Å². The van der Waals surface area contributed by atoms with Gasteiger partial charge in [-0.3, -0.25) is 0 Å². The Morgan fingerprint density at radius 2 is 2.22 bits per heavy atom. The largest absolute Gasteiger partial charge is 0.380 e. The molecule has 1 heteroatoms. The third-order valence-corrected chi connectivity index (χ3v) is 1.25. The van der Waals surface area contributed by atoms with Crippen LogP contribution in [0.4, 0.5) is 0 Å². The molecule has 0 aromatic heterocycles. The number of hydrogen-bond acceptors (Lipinski definition) is 1. The van der Waals surface area contributed by atoms with Gasteiger partial charge in [0.2, 0.25) is 0 Å². The van der Waals surface area contributed by atoms with Crippen LogP contribution in [0.15, 0.2) is 0 Å². The van der Waals surface area contributed by atoms with Gasteiger partial charge in [0, 0.05) is 12.5 Å². The predicted molar refractivity (Wildman–Crippen MR) is 39.1 cm³/mol. The van der Waals surface area contributed by atoms with Gasteiger partial charge in [-0.15, -0.1) is 12.3 Å². The van der Waals surface area contributed by atoms with Crippen molar-refractivity contribution in [3.05, 3.63) is 0 Å². The van der Waals surface area contributed by atoms with Gasteiger partial charge in [0.25, 0.3) is 0 Å². The zero-order valence-corrected chi connectivity index (χ0v) is 6.18. The summed E-state index contributed by atoms with van der Waals surface area (Å²) in [4.78, 5) is 0. The smallest absolute Gasteiger partial charge is 0.0603 e. The first-order valence-corrected chi connectivity index (χ1v) is 3.39. The summed E-state index contributed by atoms with van der Waals surface area (Å²) in [5.41, 5.74) is 0. The van der Waals surface area contributed by atoms with E-state index in [-0.39, 0.29) is 0 Å². The van der Waals surface area contributed by atoms with Gasteiger partial charge in [0.05, 0.1) is 6.61 Å². The fraction of sp³-hybridized carbons (Fsp3) is 0.750. The van der Waals surface area contributed by atoms with E-state index in [1.165, 1.54) is 0 Å². The van der Waals surface area contributed by atoms with Crippen LogP contribution in [0, 0.1) is 18.3 Å². The highest BCUT2D eigenvalue weighted by Gasteiger charge is 1.98. The second-order valence-corrected chi connectivity index (χ2v) is 1.93. The maximum Gasteiger partial charge on any atom is 0.0603 e. The van der Waals surface area contributed by atoms with Crippen LogP contribution in [0.2, 0.25) is 0 Å². The molecule has 0 aliphatic carbocycles. The fourth-order valence-corrected chi connectivity index (χ4v) is 0.544. The summed E-state index contributed by atoms with van der Waals surface area (Å²) in [7, 11) is 0. The number of ether oxygens (including phenoxy) is 1. The Kier molecular flexibility index (Phi) is 5.35. The zero-order chi connectivity index (χ0) is 7.11. The van der Waals surface area contributed by atoms with E-state index in [9.17, 15) is 0 Å². The molecule has 0 saturated heterocycles. The van der Waals surface area contributed by atoms with Crippen LogP contribution in [-0.4, -0.2) is 13.2 Å². The summed E-state index contributed by atoms with van der Waals surface area (Å²) in [6, 6.07) is 0. The molecule has 0 bridgehead atoms. The topological polar surface area (TPSA) is 9.23 Å². The molecule has 0 fully saturated rings. The maximum atomic E-state index is 5.19. The quantitative estimate of drug-likeness (QED) is 0.521.